The van der Waals surface area contributed by atoms with Crippen molar-refractivity contribution in [2.75, 3.05) is 29.5 Å². The maximum atomic E-state index is 12.7. The van der Waals surface area contributed by atoms with Gasteiger partial charge in [0, 0.05) is 30.3 Å². The number of benzene rings is 1. The number of carboxylic acid groups (broad SMARTS) is 1. The summed E-state index contributed by atoms with van der Waals surface area (Å²) in [6.45, 7) is 2.98. The Kier molecular flexibility index (Phi) is 5.64. The number of nitrogens with zero attached hydrogens (tertiary/aromatic N) is 1. The highest BCUT2D eigenvalue weighted by Gasteiger charge is 2.27. The van der Waals surface area contributed by atoms with Crippen molar-refractivity contribution in [3.63, 3.8) is 0 Å². The summed E-state index contributed by atoms with van der Waals surface area (Å²) < 4.78 is 0. The van der Waals surface area contributed by atoms with Gasteiger partial charge < -0.3 is 15.3 Å². The lowest BCUT2D eigenvalue weighted by Gasteiger charge is -2.29. The minimum absolute atomic E-state index is 0.0488. The van der Waals surface area contributed by atoms with Gasteiger partial charge in [-0.25, -0.2) is 0 Å². The molecule has 1 aliphatic rings. The van der Waals surface area contributed by atoms with Crippen LogP contribution in [-0.4, -0.2) is 47.6 Å². The van der Waals surface area contributed by atoms with Gasteiger partial charge in [0.2, 0.25) is 5.91 Å². The number of nitrogens with one attached hydrogen (secondary N) is 1. The lowest BCUT2D eigenvalue weighted by atomic mass is 10.2. The monoisotopic (exact) mass is 308 g/mol. The third kappa shape index (κ3) is 4.47. The van der Waals surface area contributed by atoms with Gasteiger partial charge in [-0.3, -0.25) is 9.59 Å². The highest BCUT2D eigenvalue weighted by molar-refractivity contribution is 7.99. The number of hydrogen-bond donors (Lipinski definition) is 2. The molecule has 1 saturated heterocycles. The fourth-order valence-corrected chi connectivity index (χ4v) is 3.14. The molecule has 0 radical (unpaired) electrons. The molecule has 1 heterocycles. The van der Waals surface area contributed by atoms with Crippen molar-refractivity contribution in [2.24, 2.45) is 0 Å². The van der Waals surface area contributed by atoms with E-state index >= 15 is 0 Å². The molecular weight excluding hydrogens is 288 g/mol. The molecule has 2 rings (SSSR count). The molecule has 0 saturated carbocycles. The molecule has 6 heteroatoms. The summed E-state index contributed by atoms with van der Waals surface area (Å²) >= 11 is 1.74. The van der Waals surface area contributed by atoms with Crippen LogP contribution >= 0.6 is 11.8 Å². The Hall–Kier alpha value is -1.53. The Bertz CT molecular complexity index is 498. The van der Waals surface area contributed by atoms with Crippen molar-refractivity contribution in [1.29, 1.82) is 0 Å². The second-order valence-electron chi connectivity index (χ2n) is 5.05. The first kappa shape index (κ1) is 15.9. The summed E-state index contributed by atoms with van der Waals surface area (Å²) in [7, 11) is 0. The molecule has 1 aliphatic heterocycles. The number of carboxylic acids is 1. The van der Waals surface area contributed by atoms with E-state index in [4.69, 9.17) is 5.11 Å². The van der Waals surface area contributed by atoms with E-state index in [1.54, 1.807) is 16.7 Å². The van der Waals surface area contributed by atoms with Crippen molar-refractivity contribution < 1.29 is 14.7 Å². The van der Waals surface area contributed by atoms with E-state index < -0.39 is 5.97 Å². The van der Waals surface area contributed by atoms with Crippen molar-refractivity contribution in [2.45, 2.75) is 19.4 Å². The number of aryl methyl sites for hydroxylation is 1. The molecule has 5 nitrogen and oxygen atoms in total. The minimum atomic E-state index is -0.897. The maximum absolute atomic E-state index is 12.7. The molecule has 1 aromatic carbocycles. The van der Waals surface area contributed by atoms with Crippen molar-refractivity contribution in [1.82, 2.24) is 5.32 Å². The zero-order valence-electron chi connectivity index (χ0n) is 12.0. The molecule has 0 aromatic heterocycles. The number of thioether (sulfide) groups is 1. The first-order chi connectivity index (χ1) is 10.1. The van der Waals surface area contributed by atoms with E-state index in [2.05, 4.69) is 5.32 Å². The van der Waals surface area contributed by atoms with E-state index in [0.717, 1.165) is 29.3 Å². The average Bonchev–Trinajstić information content (AvgIpc) is 2.49. The van der Waals surface area contributed by atoms with Crippen LogP contribution in [-0.2, 0) is 9.59 Å². The van der Waals surface area contributed by atoms with Gasteiger partial charge in [-0.15, -0.1) is 0 Å². The van der Waals surface area contributed by atoms with E-state index in [0.29, 0.717) is 0 Å². The van der Waals surface area contributed by atoms with E-state index in [1.165, 1.54) is 0 Å². The first-order valence-corrected chi connectivity index (χ1v) is 8.14. The molecule has 21 heavy (non-hydrogen) atoms. The summed E-state index contributed by atoms with van der Waals surface area (Å²) in [4.78, 5) is 25.1. The quantitative estimate of drug-likeness (QED) is 0.863. The van der Waals surface area contributed by atoms with Crippen LogP contribution in [0.1, 0.15) is 12.0 Å². The third-order valence-corrected chi connectivity index (χ3v) is 4.44. The fourth-order valence-electron chi connectivity index (χ4n) is 2.21. The molecule has 1 fully saturated rings. The Morgan fingerprint density at radius 3 is 2.67 bits per heavy atom. The predicted octanol–water partition coefficient (Wildman–Crippen LogP) is 1.51. The van der Waals surface area contributed by atoms with E-state index in [9.17, 15) is 9.59 Å². The summed E-state index contributed by atoms with van der Waals surface area (Å²) in [5.41, 5.74) is 1.86. The van der Waals surface area contributed by atoms with Gasteiger partial charge in [-0.05, 0) is 19.1 Å². The summed E-state index contributed by atoms with van der Waals surface area (Å²) in [6, 6.07) is 7.36. The van der Waals surface area contributed by atoms with Crippen molar-refractivity contribution in [3.05, 3.63) is 29.8 Å². The molecule has 1 atom stereocenters. The van der Waals surface area contributed by atoms with Gasteiger partial charge in [0.05, 0.1) is 12.5 Å². The third-order valence-electron chi connectivity index (χ3n) is 3.38. The number of carbonyl (C=O) groups is 2. The van der Waals surface area contributed by atoms with Crippen LogP contribution in [0.4, 0.5) is 5.69 Å². The van der Waals surface area contributed by atoms with Crippen LogP contribution in [0.3, 0.4) is 0 Å². The van der Waals surface area contributed by atoms with Crippen molar-refractivity contribution in [3.8, 4) is 0 Å². The average molecular weight is 308 g/mol. The van der Waals surface area contributed by atoms with E-state index in [-0.39, 0.29) is 24.9 Å². The van der Waals surface area contributed by atoms with Gasteiger partial charge in [0.15, 0.2) is 0 Å². The van der Waals surface area contributed by atoms with Crippen LogP contribution in [0, 0.1) is 6.92 Å². The lowest BCUT2D eigenvalue weighted by molar-refractivity contribution is -0.136. The van der Waals surface area contributed by atoms with Gasteiger partial charge in [-0.1, -0.05) is 17.7 Å². The number of anilines is 1. The van der Waals surface area contributed by atoms with Gasteiger partial charge in [0.1, 0.15) is 0 Å². The first-order valence-electron chi connectivity index (χ1n) is 6.99. The SMILES string of the molecule is Cc1ccc(N(CCC(=O)O)C(=O)C2CSCCN2)cc1. The Morgan fingerprint density at radius 2 is 2.10 bits per heavy atom. The molecule has 114 valence electrons. The number of rotatable bonds is 5. The highest BCUT2D eigenvalue weighted by atomic mass is 32.2. The van der Waals surface area contributed by atoms with Crippen LogP contribution < -0.4 is 10.2 Å². The maximum Gasteiger partial charge on any atom is 0.305 e. The smallest absolute Gasteiger partial charge is 0.305 e. The molecule has 1 aromatic rings. The highest BCUT2D eigenvalue weighted by Crippen LogP contribution is 2.19. The largest absolute Gasteiger partial charge is 0.481 e. The van der Waals surface area contributed by atoms with Crippen molar-refractivity contribution >= 4 is 29.3 Å². The zero-order chi connectivity index (χ0) is 15.2. The number of amides is 1. The predicted molar refractivity (Wildman–Crippen MR) is 84.9 cm³/mol. The van der Waals surface area contributed by atoms with Gasteiger partial charge in [-0.2, -0.15) is 11.8 Å². The molecule has 1 unspecified atom stereocenters. The second-order valence-corrected chi connectivity index (χ2v) is 6.20. The fraction of sp³-hybridized carbons (Fsp3) is 0.467. The molecule has 2 N–H and O–H groups in total. The van der Waals surface area contributed by atoms with Gasteiger partial charge in [0.25, 0.3) is 0 Å². The lowest BCUT2D eigenvalue weighted by Crippen LogP contribution is -2.51. The normalized spacial score (nSPS) is 18.2. The number of hydrogen-bond acceptors (Lipinski definition) is 4. The molecule has 0 bridgehead atoms. The van der Waals surface area contributed by atoms with E-state index in [1.807, 2.05) is 31.2 Å². The number of aliphatic carboxylic acids is 1. The summed E-state index contributed by atoms with van der Waals surface area (Å²) in [6.07, 6.45) is -0.0561. The minimum Gasteiger partial charge on any atom is -0.481 e. The Balaban J connectivity index is 2.15. The Labute approximate surface area is 128 Å². The molecule has 1 amide bonds. The van der Waals surface area contributed by atoms with Crippen LogP contribution in [0.25, 0.3) is 0 Å². The van der Waals surface area contributed by atoms with Gasteiger partial charge >= 0.3 is 5.97 Å². The molecule has 0 spiro atoms. The topological polar surface area (TPSA) is 69.6 Å². The molecular formula is C15H20N2O3S. The van der Waals surface area contributed by atoms with Crippen LogP contribution in [0.15, 0.2) is 24.3 Å². The second kappa shape index (κ2) is 7.47. The molecule has 0 aliphatic carbocycles. The van der Waals surface area contributed by atoms with Crippen LogP contribution in [0.5, 0.6) is 0 Å². The standard InChI is InChI=1S/C15H20N2O3S/c1-11-2-4-12(5-3-11)17(8-6-14(18)19)15(20)13-10-21-9-7-16-13/h2-5,13,16H,6-10H2,1H3,(H,18,19). The summed E-state index contributed by atoms with van der Waals surface area (Å²) in [5.74, 6) is 0.788. The zero-order valence-corrected chi connectivity index (χ0v) is 12.9. The van der Waals surface area contributed by atoms with Crippen LogP contribution in [0.2, 0.25) is 0 Å². The summed E-state index contributed by atoms with van der Waals surface area (Å²) in [5, 5.41) is 12.1. The Morgan fingerprint density at radius 1 is 1.38 bits per heavy atom. The number of carbonyl (C=O) groups excluding carboxylic acids is 1.